The first-order valence-corrected chi connectivity index (χ1v) is 4.81. The van der Waals surface area contributed by atoms with Crippen LogP contribution in [0.1, 0.15) is 12.8 Å². The average Bonchev–Trinajstić information content (AvgIpc) is 2.03. The van der Waals surface area contributed by atoms with E-state index >= 15 is 0 Å². The molecule has 4 heteroatoms. The number of rotatable bonds is 3. The SMILES string of the molecule is C=C(Br)CNC1CCC(=O)NC1. The van der Waals surface area contributed by atoms with E-state index in [0.717, 1.165) is 24.0 Å². The maximum Gasteiger partial charge on any atom is 0.220 e. The standard InChI is InChI=1S/C8H13BrN2O/c1-6(9)4-10-7-2-3-8(12)11-5-7/h7,10H,1-5H2,(H,11,12). The third-order valence-electron chi connectivity index (χ3n) is 1.85. The van der Waals surface area contributed by atoms with Gasteiger partial charge < -0.3 is 10.6 Å². The van der Waals surface area contributed by atoms with Crippen LogP contribution in [-0.2, 0) is 4.79 Å². The molecule has 1 aliphatic rings. The fraction of sp³-hybridized carbons (Fsp3) is 0.625. The number of piperidine rings is 1. The van der Waals surface area contributed by atoms with Crippen molar-refractivity contribution >= 4 is 21.8 Å². The van der Waals surface area contributed by atoms with E-state index in [9.17, 15) is 4.79 Å². The van der Waals surface area contributed by atoms with Gasteiger partial charge in [-0.2, -0.15) is 0 Å². The highest BCUT2D eigenvalue weighted by Gasteiger charge is 2.16. The summed E-state index contributed by atoms with van der Waals surface area (Å²) in [5, 5.41) is 6.09. The molecule has 1 aliphatic heterocycles. The lowest BCUT2D eigenvalue weighted by Crippen LogP contribution is -2.45. The molecule has 1 atom stereocenters. The normalized spacial score (nSPS) is 23.4. The third-order valence-corrected chi connectivity index (χ3v) is 2.13. The van der Waals surface area contributed by atoms with Gasteiger partial charge in [0.1, 0.15) is 0 Å². The first-order valence-electron chi connectivity index (χ1n) is 4.02. The molecule has 1 rings (SSSR count). The zero-order chi connectivity index (χ0) is 8.97. The Labute approximate surface area is 80.7 Å². The second-order valence-corrected chi connectivity index (χ2v) is 4.06. The number of carbonyl (C=O) groups is 1. The van der Waals surface area contributed by atoms with Crippen molar-refractivity contribution in [3.63, 3.8) is 0 Å². The topological polar surface area (TPSA) is 41.1 Å². The predicted octanol–water partition coefficient (Wildman–Crippen LogP) is 0.763. The molecule has 0 saturated carbocycles. The van der Waals surface area contributed by atoms with Gasteiger partial charge in [-0.25, -0.2) is 0 Å². The van der Waals surface area contributed by atoms with E-state index in [1.807, 2.05) is 0 Å². The molecule has 1 amide bonds. The molecule has 68 valence electrons. The maximum absolute atomic E-state index is 10.8. The molecule has 0 radical (unpaired) electrons. The minimum Gasteiger partial charge on any atom is -0.355 e. The van der Waals surface area contributed by atoms with Crippen LogP contribution >= 0.6 is 15.9 Å². The zero-order valence-corrected chi connectivity index (χ0v) is 8.49. The first kappa shape index (κ1) is 9.74. The Bertz CT molecular complexity index is 183. The van der Waals surface area contributed by atoms with Crippen molar-refractivity contribution in [2.24, 2.45) is 0 Å². The van der Waals surface area contributed by atoms with Crippen molar-refractivity contribution in [3.05, 3.63) is 11.1 Å². The molecule has 0 aromatic carbocycles. The summed E-state index contributed by atoms with van der Waals surface area (Å²) in [5.74, 6) is 0.158. The molecule has 1 saturated heterocycles. The summed E-state index contributed by atoms with van der Waals surface area (Å²) in [6.07, 6.45) is 1.55. The zero-order valence-electron chi connectivity index (χ0n) is 6.90. The number of nitrogens with one attached hydrogen (secondary N) is 2. The summed E-state index contributed by atoms with van der Waals surface area (Å²) in [7, 11) is 0. The third kappa shape index (κ3) is 3.36. The number of hydrogen-bond donors (Lipinski definition) is 2. The van der Waals surface area contributed by atoms with Crippen molar-refractivity contribution in [1.29, 1.82) is 0 Å². The average molecular weight is 233 g/mol. The quantitative estimate of drug-likeness (QED) is 0.755. The van der Waals surface area contributed by atoms with E-state index in [-0.39, 0.29) is 5.91 Å². The van der Waals surface area contributed by atoms with Gasteiger partial charge in [0.2, 0.25) is 5.91 Å². The first-order chi connectivity index (χ1) is 5.68. The summed E-state index contributed by atoms with van der Waals surface area (Å²) >= 11 is 3.27. The largest absolute Gasteiger partial charge is 0.355 e. The Hall–Kier alpha value is -0.350. The summed E-state index contributed by atoms with van der Waals surface area (Å²) in [6, 6.07) is 0.400. The summed E-state index contributed by atoms with van der Waals surface area (Å²) in [4.78, 5) is 10.8. The van der Waals surface area contributed by atoms with Gasteiger partial charge in [-0.15, -0.1) is 0 Å². The molecule has 2 N–H and O–H groups in total. The van der Waals surface area contributed by atoms with Gasteiger partial charge in [-0.3, -0.25) is 4.79 Å². The highest BCUT2D eigenvalue weighted by molar-refractivity contribution is 9.11. The van der Waals surface area contributed by atoms with Gasteiger partial charge in [0.15, 0.2) is 0 Å². The van der Waals surface area contributed by atoms with Gasteiger partial charge in [-0.1, -0.05) is 22.5 Å². The van der Waals surface area contributed by atoms with Crippen molar-refractivity contribution in [2.75, 3.05) is 13.1 Å². The smallest absolute Gasteiger partial charge is 0.220 e. The molecule has 12 heavy (non-hydrogen) atoms. The molecule has 0 aliphatic carbocycles. The van der Waals surface area contributed by atoms with E-state index in [1.165, 1.54) is 0 Å². The van der Waals surface area contributed by atoms with Crippen LogP contribution < -0.4 is 10.6 Å². The fourth-order valence-electron chi connectivity index (χ4n) is 1.16. The highest BCUT2D eigenvalue weighted by atomic mass is 79.9. The molecule has 3 nitrogen and oxygen atoms in total. The fourth-order valence-corrected chi connectivity index (χ4v) is 1.32. The Kier molecular flexibility index (Phi) is 3.75. The van der Waals surface area contributed by atoms with Crippen LogP contribution in [0.3, 0.4) is 0 Å². The number of carbonyl (C=O) groups excluding carboxylic acids is 1. The lowest BCUT2D eigenvalue weighted by atomic mass is 10.1. The molecular formula is C8H13BrN2O. The van der Waals surface area contributed by atoms with E-state index in [1.54, 1.807) is 0 Å². The lowest BCUT2D eigenvalue weighted by molar-refractivity contribution is -0.122. The van der Waals surface area contributed by atoms with Crippen LogP contribution in [0.4, 0.5) is 0 Å². The highest BCUT2D eigenvalue weighted by Crippen LogP contribution is 2.04. The molecule has 0 bridgehead atoms. The van der Waals surface area contributed by atoms with Gasteiger partial charge in [0.05, 0.1) is 0 Å². The number of halogens is 1. The molecule has 0 aromatic heterocycles. The summed E-state index contributed by atoms with van der Waals surface area (Å²) in [6.45, 7) is 5.22. The van der Waals surface area contributed by atoms with Gasteiger partial charge in [0, 0.05) is 30.0 Å². The van der Waals surface area contributed by atoms with Crippen molar-refractivity contribution < 1.29 is 4.79 Å². The van der Waals surface area contributed by atoms with E-state index < -0.39 is 0 Å². The number of amides is 1. The maximum atomic E-state index is 10.8. The van der Waals surface area contributed by atoms with Gasteiger partial charge in [0.25, 0.3) is 0 Å². The van der Waals surface area contributed by atoms with Crippen LogP contribution in [0.25, 0.3) is 0 Å². The predicted molar refractivity (Wildman–Crippen MR) is 52.1 cm³/mol. The van der Waals surface area contributed by atoms with Gasteiger partial charge in [-0.05, 0) is 6.42 Å². The second kappa shape index (κ2) is 4.62. The Morgan fingerprint density at radius 2 is 2.58 bits per heavy atom. The molecular weight excluding hydrogens is 220 g/mol. The van der Waals surface area contributed by atoms with Crippen LogP contribution in [0.2, 0.25) is 0 Å². The minimum absolute atomic E-state index is 0.158. The molecule has 0 spiro atoms. The monoisotopic (exact) mass is 232 g/mol. The number of hydrogen-bond acceptors (Lipinski definition) is 2. The summed E-state index contributed by atoms with van der Waals surface area (Å²) < 4.78 is 0.944. The van der Waals surface area contributed by atoms with E-state index in [2.05, 4.69) is 33.1 Å². The van der Waals surface area contributed by atoms with Crippen LogP contribution in [-0.4, -0.2) is 25.0 Å². The van der Waals surface area contributed by atoms with Gasteiger partial charge >= 0.3 is 0 Å². The van der Waals surface area contributed by atoms with Crippen LogP contribution in [0.5, 0.6) is 0 Å². The van der Waals surface area contributed by atoms with Crippen molar-refractivity contribution in [1.82, 2.24) is 10.6 Å². The Balaban J connectivity index is 2.17. The lowest BCUT2D eigenvalue weighted by Gasteiger charge is -2.23. The molecule has 1 fully saturated rings. The minimum atomic E-state index is 0.158. The van der Waals surface area contributed by atoms with Crippen LogP contribution in [0, 0.1) is 0 Å². The van der Waals surface area contributed by atoms with E-state index in [0.29, 0.717) is 12.5 Å². The Morgan fingerprint density at radius 3 is 3.08 bits per heavy atom. The van der Waals surface area contributed by atoms with Crippen molar-refractivity contribution in [2.45, 2.75) is 18.9 Å². The Morgan fingerprint density at radius 1 is 1.83 bits per heavy atom. The van der Waals surface area contributed by atoms with Crippen LogP contribution in [0.15, 0.2) is 11.1 Å². The van der Waals surface area contributed by atoms with E-state index in [4.69, 9.17) is 0 Å². The second-order valence-electron chi connectivity index (χ2n) is 2.94. The van der Waals surface area contributed by atoms with Crippen molar-refractivity contribution in [3.8, 4) is 0 Å². The molecule has 1 heterocycles. The summed E-state index contributed by atoms with van der Waals surface area (Å²) in [5.41, 5.74) is 0. The molecule has 1 unspecified atom stereocenters. The molecule has 0 aromatic rings.